The lowest BCUT2D eigenvalue weighted by Gasteiger charge is -2.10. The number of aliphatic hydroxyl groups is 1. The minimum absolute atomic E-state index is 0.0793. The van der Waals surface area contributed by atoms with Crippen molar-refractivity contribution in [2.45, 2.75) is 33.9 Å². The number of hydrogen-bond acceptors (Lipinski definition) is 3. The summed E-state index contributed by atoms with van der Waals surface area (Å²) in [7, 11) is 0. The van der Waals surface area contributed by atoms with Crippen LogP contribution in [0.2, 0.25) is 0 Å². The van der Waals surface area contributed by atoms with Gasteiger partial charge in [-0.3, -0.25) is 0 Å². The molecule has 3 aromatic rings. The Morgan fingerprint density at radius 1 is 1.04 bits per heavy atom. The van der Waals surface area contributed by atoms with E-state index in [-0.39, 0.29) is 6.61 Å². The molecule has 2 aromatic carbocycles. The number of benzene rings is 2. The molecule has 23 heavy (non-hydrogen) atoms. The van der Waals surface area contributed by atoms with Crippen molar-refractivity contribution in [3.63, 3.8) is 0 Å². The molecule has 0 aliphatic rings. The van der Waals surface area contributed by atoms with Crippen molar-refractivity contribution >= 4 is 11.0 Å². The number of hydrogen-bond donors (Lipinski definition) is 1. The summed E-state index contributed by atoms with van der Waals surface area (Å²) in [6.07, 6.45) is 0. The summed E-state index contributed by atoms with van der Waals surface area (Å²) in [6, 6.07) is 12.2. The van der Waals surface area contributed by atoms with Gasteiger partial charge >= 0.3 is 0 Å². The molecule has 1 N–H and O–H groups in total. The molecule has 4 nitrogen and oxygen atoms in total. The number of rotatable bonds is 5. The highest BCUT2D eigenvalue weighted by molar-refractivity contribution is 5.78. The second-order valence-corrected chi connectivity index (χ2v) is 5.93. The summed E-state index contributed by atoms with van der Waals surface area (Å²) in [6.45, 7) is 7.21. The van der Waals surface area contributed by atoms with Gasteiger partial charge in [0.1, 0.15) is 18.2 Å². The summed E-state index contributed by atoms with van der Waals surface area (Å²) >= 11 is 0. The first kappa shape index (κ1) is 15.6. The largest absolute Gasteiger partial charge is 0.486 e. The van der Waals surface area contributed by atoms with Crippen LogP contribution in [0.25, 0.3) is 11.0 Å². The number of aromatic nitrogens is 2. The van der Waals surface area contributed by atoms with Crippen LogP contribution in [0.15, 0.2) is 36.4 Å². The zero-order valence-electron chi connectivity index (χ0n) is 13.8. The highest BCUT2D eigenvalue weighted by Gasteiger charge is 2.12. The average molecular weight is 310 g/mol. The molecule has 3 rings (SSSR count). The van der Waals surface area contributed by atoms with Gasteiger partial charge in [0.2, 0.25) is 0 Å². The maximum atomic E-state index is 9.37. The molecule has 0 aliphatic carbocycles. The summed E-state index contributed by atoms with van der Waals surface area (Å²) in [4.78, 5) is 4.69. The van der Waals surface area contributed by atoms with E-state index in [0.717, 1.165) is 22.6 Å². The quantitative estimate of drug-likeness (QED) is 0.784. The molecule has 0 fully saturated rings. The fraction of sp³-hybridized carbons (Fsp3) is 0.316. The van der Waals surface area contributed by atoms with Gasteiger partial charge in [-0.15, -0.1) is 0 Å². The molecular weight excluding hydrogens is 288 g/mol. The Bertz CT molecular complexity index is 819. The van der Waals surface area contributed by atoms with Crippen LogP contribution >= 0.6 is 0 Å². The van der Waals surface area contributed by atoms with E-state index in [0.29, 0.717) is 13.2 Å². The van der Waals surface area contributed by atoms with E-state index in [1.165, 1.54) is 16.7 Å². The maximum absolute atomic E-state index is 9.37. The van der Waals surface area contributed by atoms with Gasteiger partial charge in [0.25, 0.3) is 0 Å². The van der Waals surface area contributed by atoms with Crippen molar-refractivity contribution in [2.75, 3.05) is 6.61 Å². The SMILES string of the molecule is Cc1ccc(OCc2nc3cc(C)c(C)cc3n2CCO)cc1. The number of ether oxygens (including phenoxy) is 1. The van der Waals surface area contributed by atoms with Crippen LogP contribution in [0.3, 0.4) is 0 Å². The molecule has 1 aromatic heterocycles. The van der Waals surface area contributed by atoms with Gasteiger partial charge < -0.3 is 14.4 Å². The Morgan fingerprint density at radius 2 is 1.74 bits per heavy atom. The lowest BCUT2D eigenvalue weighted by atomic mass is 10.1. The monoisotopic (exact) mass is 310 g/mol. The van der Waals surface area contributed by atoms with Crippen molar-refractivity contribution in [1.82, 2.24) is 9.55 Å². The van der Waals surface area contributed by atoms with Crippen molar-refractivity contribution < 1.29 is 9.84 Å². The van der Waals surface area contributed by atoms with E-state index < -0.39 is 0 Å². The van der Waals surface area contributed by atoms with Gasteiger partial charge in [0.05, 0.1) is 17.6 Å². The molecule has 0 bridgehead atoms. The lowest BCUT2D eigenvalue weighted by Crippen LogP contribution is -2.09. The van der Waals surface area contributed by atoms with E-state index in [2.05, 4.69) is 32.9 Å². The Hall–Kier alpha value is -2.33. The summed E-state index contributed by atoms with van der Waals surface area (Å²) in [5, 5.41) is 9.37. The third-order valence-electron chi connectivity index (χ3n) is 4.16. The number of nitrogens with zero attached hydrogens (tertiary/aromatic N) is 2. The zero-order chi connectivity index (χ0) is 16.4. The molecule has 1 heterocycles. The van der Waals surface area contributed by atoms with E-state index in [1.54, 1.807) is 0 Å². The Kier molecular flexibility index (Phi) is 4.35. The molecule has 0 saturated heterocycles. The third-order valence-corrected chi connectivity index (χ3v) is 4.16. The van der Waals surface area contributed by atoms with E-state index in [1.807, 2.05) is 28.8 Å². The molecule has 4 heteroatoms. The summed E-state index contributed by atoms with van der Waals surface area (Å²) in [5.41, 5.74) is 5.64. The van der Waals surface area contributed by atoms with Crippen molar-refractivity contribution in [3.05, 3.63) is 58.9 Å². The van der Waals surface area contributed by atoms with Gasteiger partial charge in [-0.2, -0.15) is 0 Å². The molecule has 0 spiro atoms. The summed E-state index contributed by atoms with van der Waals surface area (Å²) in [5.74, 6) is 1.66. The van der Waals surface area contributed by atoms with Gasteiger partial charge in [0, 0.05) is 6.54 Å². The first-order valence-corrected chi connectivity index (χ1v) is 7.85. The Balaban J connectivity index is 1.92. The molecule has 0 amide bonds. The van der Waals surface area contributed by atoms with E-state index in [9.17, 15) is 5.11 Å². The van der Waals surface area contributed by atoms with Crippen LogP contribution in [-0.4, -0.2) is 21.3 Å². The van der Waals surface area contributed by atoms with Gasteiger partial charge in [-0.1, -0.05) is 17.7 Å². The molecule has 0 aliphatic heterocycles. The first-order chi connectivity index (χ1) is 11.1. The lowest BCUT2D eigenvalue weighted by molar-refractivity contribution is 0.260. The van der Waals surface area contributed by atoms with Crippen LogP contribution in [0.1, 0.15) is 22.5 Å². The average Bonchev–Trinajstić information content (AvgIpc) is 2.85. The Labute approximate surface area is 136 Å². The molecular formula is C19H22N2O2. The topological polar surface area (TPSA) is 47.3 Å². The second kappa shape index (κ2) is 6.42. The smallest absolute Gasteiger partial charge is 0.148 e. The normalized spacial score (nSPS) is 11.1. The van der Waals surface area contributed by atoms with Crippen molar-refractivity contribution in [1.29, 1.82) is 0 Å². The van der Waals surface area contributed by atoms with Crippen LogP contribution < -0.4 is 4.74 Å². The first-order valence-electron chi connectivity index (χ1n) is 7.85. The number of fused-ring (bicyclic) bond motifs is 1. The molecule has 0 atom stereocenters. The molecule has 120 valence electrons. The van der Waals surface area contributed by atoms with Crippen LogP contribution in [0.4, 0.5) is 0 Å². The van der Waals surface area contributed by atoms with E-state index in [4.69, 9.17) is 9.72 Å². The standard InChI is InChI=1S/C19H22N2O2/c1-13-4-6-16(7-5-13)23-12-19-20-17-10-14(2)15(3)11-18(17)21(19)8-9-22/h4-7,10-11,22H,8-9,12H2,1-3H3. The second-order valence-electron chi connectivity index (χ2n) is 5.93. The molecule has 0 radical (unpaired) electrons. The summed E-state index contributed by atoms with van der Waals surface area (Å²) < 4.78 is 7.90. The predicted molar refractivity (Wildman–Crippen MR) is 91.8 cm³/mol. The minimum atomic E-state index is 0.0793. The predicted octanol–water partition coefficient (Wildman–Crippen LogP) is 3.53. The fourth-order valence-corrected chi connectivity index (χ4v) is 2.67. The molecule has 0 unspecified atom stereocenters. The third kappa shape index (κ3) is 3.22. The highest BCUT2D eigenvalue weighted by Crippen LogP contribution is 2.22. The van der Waals surface area contributed by atoms with Crippen LogP contribution in [0.5, 0.6) is 5.75 Å². The molecule has 0 saturated carbocycles. The number of aliphatic hydroxyl groups excluding tert-OH is 1. The minimum Gasteiger partial charge on any atom is -0.486 e. The van der Waals surface area contributed by atoms with Gasteiger partial charge in [-0.25, -0.2) is 4.98 Å². The number of aryl methyl sites for hydroxylation is 3. The highest BCUT2D eigenvalue weighted by atomic mass is 16.5. The Morgan fingerprint density at radius 3 is 2.43 bits per heavy atom. The van der Waals surface area contributed by atoms with Crippen molar-refractivity contribution in [3.8, 4) is 5.75 Å². The van der Waals surface area contributed by atoms with Crippen LogP contribution in [0, 0.1) is 20.8 Å². The fourth-order valence-electron chi connectivity index (χ4n) is 2.67. The van der Waals surface area contributed by atoms with Gasteiger partial charge in [-0.05, 0) is 56.2 Å². The zero-order valence-corrected chi connectivity index (χ0v) is 13.8. The van der Waals surface area contributed by atoms with Crippen LogP contribution in [-0.2, 0) is 13.2 Å². The maximum Gasteiger partial charge on any atom is 0.148 e. The van der Waals surface area contributed by atoms with Crippen molar-refractivity contribution in [2.24, 2.45) is 0 Å². The van der Waals surface area contributed by atoms with E-state index >= 15 is 0 Å². The number of imidazole rings is 1. The van der Waals surface area contributed by atoms with Gasteiger partial charge in [0.15, 0.2) is 0 Å².